The van der Waals surface area contributed by atoms with Crippen LogP contribution in [-0.2, 0) is 10.0 Å². The molecule has 7 heteroatoms. The van der Waals surface area contributed by atoms with Gasteiger partial charge in [-0.1, -0.05) is 24.9 Å². The molecule has 0 radical (unpaired) electrons. The highest BCUT2D eigenvalue weighted by atomic mass is 35.5. The Morgan fingerprint density at radius 1 is 1.47 bits per heavy atom. The second-order valence-electron chi connectivity index (χ2n) is 4.93. The van der Waals surface area contributed by atoms with E-state index >= 15 is 0 Å². The number of rotatable bonds is 4. The first kappa shape index (κ1) is 14.6. The molecule has 1 fully saturated rings. The Labute approximate surface area is 118 Å². The Kier molecular flexibility index (Phi) is 3.79. The van der Waals surface area contributed by atoms with Crippen LogP contribution in [0.25, 0.3) is 0 Å². The smallest absolute Gasteiger partial charge is 0.245 e. The molecule has 1 aliphatic rings. The van der Waals surface area contributed by atoms with Crippen molar-refractivity contribution in [1.82, 2.24) is 4.31 Å². The van der Waals surface area contributed by atoms with Gasteiger partial charge >= 0.3 is 0 Å². The summed E-state index contributed by atoms with van der Waals surface area (Å²) in [6.07, 6.45) is 1.40. The number of sulfonamides is 1. The lowest BCUT2D eigenvalue weighted by Gasteiger charge is -2.45. The van der Waals surface area contributed by atoms with E-state index in [4.69, 9.17) is 17.3 Å². The summed E-state index contributed by atoms with van der Waals surface area (Å²) in [7, 11) is -3.68. The summed E-state index contributed by atoms with van der Waals surface area (Å²) in [5, 5.41) is 10.4. The number of aliphatic hydroxyl groups is 1. The maximum Gasteiger partial charge on any atom is 0.245 e. The van der Waals surface area contributed by atoms with E-state index in [1.807, 2.05) is 6.92 Å². The molecule has 0 aromatic heterocycles. The second kappa shape index (κ2) is 4.94. The normalized spacial score (nSPS) is 19.1. The first-order chi connectivity index (χ1) is 8.78. The zero-order valence-corrected chi connectivity index (χ0v) is 12.2. The van der Waals surface area contributed by atoms with Crippen molar-refractivity contribution in [1.29, 1.82) is 0 Å². The first-order valence-corrected chi connectivity index (χ1v) is 7.88. The molecule has 1 heterocycles. The minimum Gasteiger partial charge on any atom is -0.398 e. The largest absolute Gasteiger partial charge is 0.398 e. The van der Waals surface area contributed by atoms with Gasteiger partial charge in [-0.15, -0.1) is 0 Å². The molecule has 0 amide bonds. The van der Waals surface area contributed by atoms with Crippen molar-refractivity contribution in [3.8, 4) is 0 Å². The number of hydrogen-bond acceptors (Lipinski definition) is 4. The summed E-state index contributed by atoms with van der Waals surface area (Å²) in [6, 6.07) is 4.34. The van der Waals surface area contributed by atoms with Gasteiger partial charge in [0.15, 0.2) is 0 Å². The molecule has 19 heavy (non-hydrogen) atoms. The van der Waals surface area contributed by atoms with Crippen molar-refractivity contribution in [3.63, 3.8) is 0 Å². The maximum absolute atomic E-state index is 12.4. The van der Waals surface area contributed by atoms with Crippen molar-refractivity contribution >= 4 is 27.3 Å². The predicted molar refractivity (Wildman–Crippen MR) is 74.5 cm³/mol. The minimum atomic E-state index is -3.68. The van der Waals surface area contributed by atoms with Crippen LogP contribution in [0.5, 0.6) is 0 Å². The van der Waals surface area contributed by atoms with Gasteiger partial charge in [0.05, 0.1) is 11.3 Å². The molecule has 0 atom stereocenters. The number of nitrogens with two attached hydrogens (primary N) is 1. The third-order valence-electron chi connectivity index (χ3n) is 3.25. The van der Waals surface area contributed by atoms with Crippen LogP contribution in [0.2, 0.25) is 5.02 Å². The highest BCUT2D eigenvalue weighted by Gasteiger charge is 2.46. The number of β-amino-alcohol motifs (C(OH)–C–C–N with tert-alkyl or cyclic N) is 1. The van der Waals surface area contributed by atoms with E-state index in [-0.39, 0.29) is 23.7 Å². The number of hydrogen-bond donors (Lipinski definition) is 2. The molecule has 0 bridgehead atoms. The van der Waals surface area contributed by atoms with Crippen LogP contribution in [-0.4, -0.2) is 36.5 Å². The Morgan fingerprint density at radius 3 is 2.68 bits per heavy atom. The van der Waals surface area contributed by atoms with Gasteiger partial charge in [0.2, 0.25) is 10.0 Å². The van der Waals surface area contributed by atoms with E-state index < -0.39 is 15.6 Å². The van der Waals surface area contributed by atoms with Crippen LogP contribution in [0.15, 0.2) is 23.1 Å². The van der Waals surface area contributed by atoms with Gasteiger partial charge < -0.3 is 10.8 Å². The Hall–Kier alpha value is -0.820. The Balaban J connectivity index is 2.24. The van der Waals surface area contributed by atoms with E-state index in [0.717, 1.165) is 6.42 Å². The van der Waals surface area contributed by atoms with Crippen LogP contribution >= 0.6 is 11.6 Å². The van der Waals surface area contributed by atoms with Crippen LogP contribution in [0.3, 0.4) is 0 Å². The van der Waals surface area contributed by atoms with Crippen LogP contribution in [0, 0.1) is 0 Å². The second-order valence-corrected chi connectivity index (χ2v) is 7.27. The van der Waals surface area contributed by atoms with Crippen LogP contribution < -0.4 is 5.73 Å². The Bertz CT molecular complexity index is 583. The third kappa shape index (κ3) is 2.72. The monoisotopic (exact) mass is 304 g/mol. The summed E-state index contributed by atoms with van der Waals surface area (Å²) in [5.74, 6) is 0. The van der Waals surface area contributed by atoms with Gasteiger partial charge in [0, 0.05) is 18.1 Å². The molecule has 0 spiro atoms. The van der Waals surface area contributed by atoms with Crippen molar-refractivity contribution < 1.29 is 13.5 Å². The Morgan fingerprint density at radius 2 is 2.11 bits per heavy atom. The summed E-state index contributed by atoms with van der Waals surface area (Å²) in [5.41, 5.74) is 4.95. The van der Waals surface area contributed by atoms with Gasteiger partial charge in [-0.2, -0.15) is 4.31 Å². The number of halogens is 1. The van der Waals surface area contributed by atoms with Gasteiger partial charge in [-0.3, -0.25) is 0 Å². The molecule has 1 saturated heterocycles. The van der Waals surface area contributed by atoms with E-state index in [2.05, 4.69) is 0 Å². The third-order valence-corrected chi connectivity index (χ3v) is 5.33. The number of anilines is 1. The first-order valence-electron chi connectivity index (χ1n) is 6.06. The number of benzene rings is 1. The highest BCUT2D eigenvalue weighted by Crippen LogP contribution is 2.33. The lowest BCUT2D eigenvalue weighted by atomic mass is 9.92. The SMILES string of the molecule is CCCC1(O)CN(S(=O)(=O)c2cc(Cl)ccc2N)C1. The fourth-order valence-corrected chi connectivity index (χ4v) is 4.25. The molecule has 2 rings (SSSR count). The van der Waals surface area contributed by atoms with Crippen molar-refractivity contribution in [2.24, 2.45) is 0 Å². The molecule has 1 aromatic carbocycles. The molecular formula is C12H17ClN2O3S. The van der Waals surface area contributed by atoms with Gasteiger partial charge in [0.1, 0.15) is 4.90 Å². The summed E-state index contributed by atoms with van der Waals surface area (Å²) in [6.45, 7) is 2.16. The molecule has 5 nitrogen and oxygen atoms in total. The minimum absolute atomic E-state index is 0.00134. The van der Waals surface area contributed by atoms with Crippen molar-refractivity contribution in [2.45, 2.75) is 30.3 Å². The van der Waals surface area contributed by atoms with Gasteiger partial charge in [-0.05, 0) is 24.6 Å². The van der Waals surface area contributed by atoms with Gasteiger partial charge in [0.25, 0.3) is 0 Å². The van der Waals surface area contributed by atoms with E-state index in [1.54, 1.807) is 6.07 Å². The lowest BCUT2D eigenvalue weighted by Crippen LogP contribution is -2.63. The summed E-state index contributed by atoms with van der Waals surface area (Å²) >= 11 is 5.81. The lowest BCUT2D eigenvalue weighted by molar-refractivity contribution is -0.0653. The summed E-state index contributed by atoms with van der Waals surface area (Å²) < 4.78 is 25.9. The molecule has 1 aliphatic heterocycles. The van der Waals surface area contributed by atoms with Crippen LogP contribution in [0.4, 0.5) is 5.69 Å². The predicted octanol–water partition coefficient (Wildman–Crippen LogP) is 1.46. The van der Waals surface area contributed by atoms with Crippen molar-refractivity contribution in [3.05, 3.63) is 23.2 Å². The zero-order valence-electron chi connectivity index (χ0n) is 10.6. The number of nitrogen functional groups attached to an aromatic ring is 1. The molecule has 3 N–H and O–H groups in total. The molecule has 106 valence electrons. The fraction of sp³-hybridized carbons (Fsp3) is 0.500. The van der Waals surface area contributed by atoms with Crippen molar-refractivity contribution in [2.75, 3.05) is 18.8 Å². The number of nitrogens with zero attached hydrogens (tertiary/aromatic N) is 1. The molecule has 0 saturated carbocycles. The highest BCUT2D eigenvalue weighted by molar-refractivity contribution is 7.89. The maximum atomic E-state index is 12.4. The quantitative estimate of drug-likeness (QED) is 0.825. The standard InChI is InChI=1S/C12H17ClN2O3S/c1-2-5-12(16)7-15(8-12)19(17,18)11-6-9(13)3-4-10(11)14/h3-4,6,16H,2,5,7-8,14H2,1H3. The van der Waals surface area contributed by atoms with Gasteiger partial charge in [-0.25, -0.2) is 8.42 Å². The zero-order chi connectivity index (χ0) is 14.3. The van der Waals surface area contributed by atoms with E-state index in [1.165, 1.54) is 16.4 Å². The average molecular weight is 305 g/mol. The fourth-order valence-electron chi connectivity index (χ4n) is 2.27. The molecule has 0 aliphatic carbocycles. The molecule has 0 unspecified atom stereocenters. The van der Waals surface area contributed by atoms with E-state index in [0.29, 0.717) is 11.4 Å². The van der Waals surface area contributed by atoms with E-state index in [9.17, 15) is 13.5 Å². The topological polar surface area (TPSA) is 83.6 Å². The molecular weight excluding hydrogens is 288 g/mol. The summed E-state index contributed by atoms with van der Waals surface area (Å²) in [4.78, 5) is -0.00134. The van der Waals surface area contributed by atoms with Crippen LogP contribution in [0.1, 0.15) is 19.8 Å². The average Bonchev–Trinajstić information content (AvgIpc) is 2.29. The molecule has 1 aromatic rings.